The molecule has 2 aromatic carbocycles. The molecule has 1 aliphatic heterocycles. The van der Waals surface area contributed by atoms with E-state index in [4.69, 9.17) is 16.7 Å². The lowest BCUT2D eigenvalue weighted by Gasteiger charge is -2.34. The maximum Gasteiger partial charge on any atom is 0.262 e. The van der Waals surface area contributed by atoms with Crippen molar-refractivity contribution in [3.63, 3.8) is 0 Å². The Morgan fingerprint density at radius 3 is 2.47 bits per heavy atom. The molecule has 0 aromatic heterocycles. The number of aryl methyl sites for hydroxylation is 2. The monoisotopic (exact) mass is 451 g/mol. The van der Waals surface area contributed by atoms with Gasteiger partial charge in [-0.25, -0.2) is 8.42 Å². The Morgan fingerprint density at radius 2 is 1.80 bits per heavy atom. The molecule has 162 valence electrons. The third kappa shape index (κ3) is 5.13. The number of rotatable bonds is 6. The van der Waals surface area contributed by atoms with E-state index in [0.29, 0.717) is 60.1 Å². The van der Waals surface area contributed by atoms with Crippen molar-refractivity contribution in [3.8, 4) is 0 Å². The summed E-state index contributed by atoms with van der Waals surface area (Å²) >= 11 is 6.08. The van der Waals surface area contributed by atoms with E-state index in [1.165, 1.54) is 0 Å². The van der Waals surface area contributed by atoms with E-state index >= 15 is 0 Å². The number of halogens is 1. The van der Waals surface area contributed by atoms with Crippen molar-refractivity contribution < 1.29 is 18.3 Å². The highest BCUT2D eigenvalue weighted by atomic mass is 35.5. The van der Waals surface area contributed by atoms with Gasteiger partial charge in [-0.3, -0.25) is 14.4 Å². The molecule has 1 heterocycles. The van der Waals surface area contributed by atoms with Crippen LogP contribution in [0.4, 0.5) is 5.69 Å². The molecule has 7 nitrogen and oxygen atoms in total. The molecule has 9 heteroatoms. The Labute approximate surface area is 182 Å². The standard InChI is InChI=1S/C21H26ClN3O4S/c1-15-13-20(16(2)12-19(15)22)30(28,29)23-18-5-3-4-17(14-18)21(27)25-8-6-24(7-9-25)10-11-26/h3-5,12-14,23,26H,6-11H2,1-2H3. The number of carbonyl (C=O) groups excluding carboxylic acids is 1. The Kier molecular flexibility index (Phi) is 7.02. The second kappa shape index (κ2) is 9.34. The van der Waals surface area contributed by atoms with E-state index in [2.05, 4.69) is 9.62 Å². The molecule has 3 rings (SSSR count). The maximum absolute atomic E-state index is 12.9. The number of piperazine rings is 1. The summed E-state index contributed by atoms with van der Waals surface area (Å²) < 4.78 is 28.3. The first kappa shape index (κ1) is 22.6. The molecule has 0 spiro atoms. The van der Waals surface area contributed by atoms with Crippen LogP contribution in [0.2, 0.25) is 5.02 Å². The lowest BCUT2D eigenvalue weighted by Crippen LogP contribution is -2.49. The fourth-order valence-corrected chi connectivity index (χ4v) is 5.05. The molecule has 0 atom stereocenters. The lowest BCUT2D eigenvalue weighted by molar-refractivity contribution is 0.0615. The van der Waals surface area contributed by atoms with Crippen molar-refractivity contribution in [2.75, 3.05) is 44.1 Å². The topological polar surface area (TPSA) is 90.0 Å². The van der Waals surface area contributed by atoms with Crippen molar-refractivity contribution in [1.29, 1.82) is 0 Å². The van der Waals surface area contributed by atoms with Gasteiger partial charge < -0.3 is 10.0 Å². The highest BCUT2D eigenvalue weighted by Crippen LogP contribution is 2.26. The first-order valence-corrected chi connectivity index (χ1v) is 11.6. The highest BCUT2D eigenvalue weighted by Gasteiger charge is 2.23. The van der Waals surface area contributed by atoms with E-state index < -0.39 is 10.0 Å². The number of amides is 1. The quantitative estimate of drug-likeness (QED) is 0.704. The van der Waals surface area contributed by atoms with Gasteiger partial charge in [0, 0.05) is 49.0 Å². The number of hydrogen-bond donors (Lipinski definition) is 2. The van der Waals surface area contributed by atoms with E-state index in [0.717, 1.165) is 0 Å². The van der Waals surface area contributed by atoms with Crippen LogP contribution in [0.15, 0.2) is 41.3 Å². The van der Waals surface area contributed by atoms with Crippen LogP contribution in [0.1, 0.15) is 21.5 Å². The third-order valence-electron chi connectivity index (χ3n) is 5.18. The van der Waals surface area contributed by atoms with Gasteiger partial charge in [-0.2, -0.15) is 0 Å². The Balaban J connectivity index is 1.76. The number of aliphatic hydroxyl groups is 1. The largest absolute Gasteiger partial charge is 0.395 e. The van der Waals surface area contributed by atoms with Crippen molar-refractivity contribution in [1.82, 2.24) is 9.80 Å². The van der Waals surface area contributed by atoms with Crippen LogP contribution in [0, 0.1) is 13.8 Å². The molecule has 1 amide bonds. The fourth-order valence-electron chi connectivity index (χ4n) is 3.47. The van der Waals surface area contributed by atoms with Crippen molar-refractivity contribution in [3.05, 3.63) is 58.1 Å². The highest BCUT2D eigenvalue weighted by molar-refractivity contribution is 7.92. The van der Waals surface area contributed by atoms with Crippen LogP contribution < -0.4 is 4.72 Å². The second-order valence-corrected chi connectivity index (χ2v) is 9.47. The summed E-state index contributed by atoms with van der Waals surface area (Å²) in [5, 5.41) is 9.55. The first-order valence-electron chi connectivity index (χ1n) is 9.73. The minimum Gasteiger partial charge on any atom is -0.395 e. The zero-order chi connectivity index (χ0) is 21.9. The summed E-state index contributed by atoms with van der Waals surface area (Å²) in [5.41, 5.74) is 1.97. The molecule has 1 saturated heterocycles. The SMILES string of the molecule is Cc1cc(S(=O)(=O)Nc2cccc(C(=O)N3CCN(CCO)CC3)c2)c(C)cc1Cl. The Bertz CT molecular complexity index is 1030. The number of benzene rings is 2. The minimum atomic E-state index is -3.83. The minimum absolute atomic E-state index is 0.1000. The number of aliphatic hydroxyl groups excluding tert-OH is 1. The summed E-state index contributed by atoms with van der Waals surface area (Å²) in [6, 6.07) is 9.68. The van der Waals surface area contributed by atoms with Gasteiger partial charge in [0.1, 0.15) is 0 Å². The number of nitrogens with zero attached hydrogens (tertiary/aromatic N) is 2. The summed E-state index contributed by atoms with van der Waals surface area (Å²) in [6.07, 6.45) is 0. The summed E-state index contributed by atoms with van der Waals surface area (Å²) in [7, 11) is -3.83. The van der Waals surface area contributed by atoms with E-state index in [9.17, 15) is 13.2 Å². The zero-order valence-electron chi connectivity index (χ0n) is 17.1. The van der Waals surface area contributed by atoms with Crippen LogP contribution in [-0.2, 0) is 10.0 Å². The zero-order valence-corrected chi connectivity index (χ0v) is 18.6. The van der Waals surface area contributed by atoms with Crippen LogP contribution in [0.25, 0.3) is 0 Å². The van der Waals surface area contributed by atoms with Crippen molar-refractivity contribution in [2.45, 2.75) is 18.7 Å². The summed E-state index contributed by atoms with van der Waals surface area (Å²) in [5.74, 6) is -0.141. The number of sulfonamides is 1. The van der Waals surface area contributed by atoms with Gasteiger partial charge in [0.2, 0.25) is 0 Å². The molecule has 0 unspecified atom stereocenters. The van der Waals surface area contributed by atoms with Gasteiger partial charge in [-0.1, -0.05) is 17.7 Å². The number of hydrogen-bond acceptors (Lipinski definition) is 5. The molecular formula is C21H26ClN3O4S. The molecule has 2 aromatic rings. The van der Waals surface area contributed by atoms with Gasteiger partial charge in [0.25, 0.3) is 15.9 Å². The fraction of sp³-hybridized carbons (Fsp3) is 0.381. The van der Waals surface area contributed by atoms with Crippen LogP contribution in [0.5, 0.6) is 0 Å². The molecule has 0 aliphatic carbocycles. The Hall–Kier alpha value is -2.13. The van der Waals surface area contributed by atoms with Gasteiger partial charge >= 0.3 is 0 Å². The van der Waals surface area contributed by atoms with Gasteiger partial charge in [0.05, 0.1) is 11.5 Å². The smallest absolute Gasteiger partial charge is 0.262 e. The molecule has 1 aliphatic rings. The number of carbonyl (C=O) groups is 1. The van der Waals surface area contributed by atoms with Crippen LogP contribution >= 0.6 is 11.6 Å². The predicted molar refractivity (Wildman–Crippen MR) is 118 cm³/mol. The second-order valence-electron chi connectivity index (χ2n) is 7.41. The molecule has 2 N–H and O–H groups in total. The van der Waals surface area contributed by atoms with E-state index in [1.54, 1.807) is 55.1 Å². The van der Waals surface area contributed by atoms with Gasteiger partial charge in [0.15, 0.2) is 0 Å². The summed E-state index contributed by atoms with van der Waals surface area (Å²) in [6.45, 7) is 6.68. The molecule has 0 radical (unpaired) electrons. The normalized spacial score (nSPS) is 15.3. The van der Waals surface area contributed by atoms with Crippen LogP contribution in [-0.4, -0.2) is 68.6 Å². The maximum atomic E-state index is 12.9. The number of β-amino-alcohol motifs (C(OH)–C–C–N with tert-alkyl or cyclic N) is 1. The average Bonchev–Trinajstić information content (AvgIpc) is 2.71. The lowest BCUT2D eigenvalue weighted by atomic mass is 10.1. The van der Waals surface area contributed by atoms with Crippen molar-refractivity contribution >= 4 is 33.2 Å². The molecule has 1 fully saturated rings. The van der Waals surface area contributed by atoms with E-state index in [1.807, 2.05) is 0 Å². The Morgan fingerprint density at radius 1 is 1.10 bits per heavy atom. The first-order chi connectivity index (χ1) is 14.2. The third-order valence-corrected chi connectivity index (χ3v) is 7.11. The van der Waals surface area contributed by atoms with E-state index in [-0.39, 0.29) is 17.4 Å². The van der Waals surface area contributed by atoms with Crippen molar-refractivity contribution in [2.24, 2.45) is 0 Å². The van der Waals surface area contributed by atoms with Gasteiger partial charge in [-0.15, -0.1) is 0 Å². The predicted octanol–water partition coefficient (Wildman–Crippen LogP) is 2.51. The molecular weight excluding hydrogens is 426 g/mol. The number of nitrogens with one attached hydrogen (secondary N) is 1. The van der Waals surface area contributed by atoms with Gasteiger partial charge in [-0.05, 0) is 55.3 Å². The summed E-state index contributed by atoms with van der Waals surface area (Å²) in [4.78, 5) is 16.9. The molecule has 0 bridgehead atoms. The molecule has 30 heavy (non-hydrogen) atoms. The average molecular weight is 452 g/mol. The molecule has 0 saturated carbocycles. The number of anilines is 1. The van der Waals surface area contributed by atoms with Crippen LogP contribution in [0.3, 0.4) is 0 Å².